The summed E-state index contributed by atoms with van der Waals surface area (Å²) in [5.74, 6) is -0.396. The Morgan fingerprint density at radius 2 is 1.81 bits per heavy atom. The van der Waals surface area contributed by atoms with Gasteiger partial charge in [-0.25, -0.2) is 0 Å². The van der Waals surface area contributed by atoms with Crippen LogP contribution in [0.15, 0.2) is 30.3 Å². The first-order chi connectivity index (χ1) is 12.6. The first-order valence-electron chi connectivity index (χ1n) is 9.51. The fourth-order valence-electron chi connectivity index (χ4n) is 3.80. The van der Waals surface area contributed by atoms with E-state index in [1.807, 2.05) is 35.2 Å². The predicted octanol–water partition coefficient (Wildman–Crippen LogP) is 1.60. The predicted molar refractivity (Wildman–Crippen MR) is 98.0 cm³/mol. The van der Waals surface area contributed by atoms with Crippen LogP contribution in [0.2, 0.25) is 0 Å². The molecule has 1 aromatic carbocycles. The van der Waals surface area contributed by atoms with Gasteiger partial charge >= 0.3 is 0 Å². The number of carbonyl (C=O) groups is 3. The molecule has 1 saturated heterocycles. The molecule has 6 nitrogen and oxygen atoms in total. The third-order valence-electron chi connectivity index (χ3n) is 5.28. The van der Waals surface area contributed by atoms with Crippen LogP contribution in [-0.2, 0) is 20.9 Å². The van der Waals surface area contributed by atoms with E-state index in [-0.39, 0.29) is 30.1 Å². The highest BCUT2D eigenvalue weighted by atomic mass is 16.2. The summed E-state index contributed by atoms with van der Waals surface area (Å²) < 4.78 is 0. The fourth-order valence-corrected chi connectivity index (χ4v) is 3.80. The topological polar surface area (TPSA) is 78.5 Å². The molecule has 0 bridgehead atoms. The number of nitrogens with zero attached hydrogens (tertiary/aromatic N) is 1. The fraction of sp³-hybridized carbons (Fsp3) is 0.550. The number of carbonyl (C=O) groups excluding carboxylic acids is 3. The minimum atomic E-state index is -0.282. The van der Waals surface area contributed by atoms with Crippen LogP contribution in [0.4, 0.5) is 0 Å². The van der Waals surface area contributed by atoms with Crippen molar-refractivity contribution in [3.05, 3.63) is 35.9 Å². The standard InChI is InChI=1S/C20H27N3O3/c24-18(22-13-15-6-2-1-3-7-15)10-11-21-20(26)16-12-19(25)23(14-16)17-8-4-5-9-17/h1-3,6-7,16-17H,4-5,8-14H2,(H,21,26)(H,22,24). The minimum Gasteiger partial charge on any atom is -0.355 e. The Morgan fingerprint density at radius 3 is 2.54 bits per heavy atom. The molecule has 1 unspecified atom stereocenters. The second-order valence-electron chi connectivity index (χ2n) is 7.19. The highest BCUT2D eigenvalue weighted by molar-refractivity contribution is 5.89. The molecule has 1 saturated carbocycles. The molecule has 1 aromatic rings. The van der Waals surface area contributed by atoms with Crippen LogP contribution in [0.25, 0.3) is 0 Å². The van der Waals surface area contributed by atoms with Gasteiger partial charge in [0.25, 0.3) is 0 Å². The molecule has 2 fully saturated rings. The Labute approximate surface area is 154 Å². The van der Waals surface area contributed by atoms with Crippen molar-refractivity contribution in [3.8, 4) is 0 Å². The zero-order valence-corrected chi connectivity index (χ0v) is 15.1. The number of hydrogen-bond acceptors (Lipinski definition) is 3. The van der Waals surface area contributed by atoms with Crippen LogP contribution < -0.4 is 10.6 Å². The van der Waals surface area contributed by atoms with E-state index in [2.05, 4.69) is 10.6 Å². The molecule has 1 aliphatic heterocycles. The Balaban J connectivity index is 1.35. The number of benzene rings is 1. The van der Waals surface area contributed by atoms with Crippen LogP contribution >= 0.6 is 0 Å². The van der Waals surface area contributed by atoms with Crippen molar-refractivity contribution in [2.24, 2.45) is 5.92 Å². The van der Waals surface area contributed by atoms with Gasteiger partial charge in [0.05, 0.1) is 5.92 Å². The van der Waals surface area contributed by atoms with E-state index in [1.165, 1.54) is 12.8 Å². The first kappa shape index (κ1) is 18.4. The molecule has 3 amide bonds. The van der Waals surface area contributed by atoms with Gasteiger partial charge in [-0.1, -0.05) is 43.2 Å². The van der Waals surface area contributed by atoms with Gasteiger partial charge in [-0.2, -0.15) is 0 Å². The quantitative estimate of drug-likeness (QED) is 0.778. The van der Waals surface area contributed by atoms with Crippen molar-refractivity contribution in [2.45, 2.75) is 51.1 Å². The van der Waals surface area contributed by atoms with Crippen molar-refractivity contribution in [2.75, 3.05) is 13.1 Å². The Hall–Kier alpha value is -2.37. The van der Waals surface area contributed by atoms with Gasteiger partial charge in [0.1, 0.15) is 0 Å². The zero-order chi connectivity index (χ0) is 18.4. The molecule has 3 rings (SSSR count). The van der Waals surface area contributed by atoms with Crippen LogP contribution in [0.3, 0.4) is 0 Å². The smallest absolute Gasteiger partial charge is 0.225 e. The second-order valence-corrected chi connectivity index (χ2v) is 7.19. The van der Waals surface area contributed by atoms with Gasteiger partial charge < -0.3 is 15.5 Å². The van der Waals surface area contributed by atoms with E-state index < -0.39 is 0 Å². The summed E-state index contributed by atoms with van der Waals surface area (Å²) >= 11 is 0. The lowest BCUT2D eigenvalue weighted by molar-refractivity contribution is -0.130. The summed E-state index contributed by atoms with van der Waals surface area (Å²) in [5, 5.41) is 5.65. The van der Waals surface area contributed by atoms with Crippen LogP contribution in [0.5, 0.6) is 0 Å². The van der Waals surface area contributed by atoms with E-state index in [0.717, 1.165) is 18.4 Å². The molecular formula is C20H27N3O3. The average Bonchev–Trinajstić information content (AvgIpc) is 3.30. The van der Waals surface area contributed by atoms with Gasteiger partial charge in [-0.05, 0) is 18.4 Å². The molecule has 1 heterocycles. The summed E-state index contributed by atoms with van der Waals surface area (Å²) in [4.78, 5) is 38.2. The van der Waals surface area contributed by atoms with Gasteiger partial charge in [-0.3, -0.25) is 14.4 Å². The summed E-state index contributed by atoms with van der Waals surface area (Å²) in [5.41, 5.74) is 1.04. The number of rotatable bonds is 7. The lowest BCUT2D eigenvalue weighted by Crippen LogP contribution is -2.38. The van der Waals surface area contributed by atoms with Crippen molar-refractivity contribution < 1.29 is 14.4 Å². The molecule has 140 valence electrons. The molecule has 6 heteroatoms. The molecule has 2 aliphatic rings. The number of likely N-dealkylation sites (tertiary alicyclic amines) is 1. The van der Waals surface area contributed by atoms with E-state index in [4.69, 9.17) is 0 Å². The maximum Gasteiger partial charge on any atom is 0.225 e. The van der Waals surface area contributed by atoms with Crippen LogP contribution in [0.1, 0.15) is 44.1 Å². The normalized spacial score (nSPS) is 20.4. The summed E-state index contributed by atoms with van der Waals surface area (Å²) in [6.45, 7) is 1.31. The van der Waals surface area contributed by atoms with Gasteiger partial charge in [0, 0.05) is 38.5 Å². The molecule has 0 spiro atoms. The van der Waals surface area contributed by atoms with Crippen molar-refractivity contribution >= 4 is 17.7 Å². The monoisotopic (exact) mass is 357 g/mol. The average molecular weight is 357 g/mol. The summed E-state index contributed by atoms with van der Waals surface area (Å²) in [7, 11) is 0. The summed E-state index contributed by atoms with van der Waals surface area (Å²) in [6, 6.07) is 10.0. The molecule has 1 aliphatic carbocycles. The van der Waals surface area contributed by atoms with E-state index in [0.29, 0.717) is 32.1 Å². The van der Waals surface area contributed by atoms with Gasteiger partial charge in [0.2, 0.25) is 17.7 Å². The third kappa shape index (κ3) is 4.84. The van der Waals surface area contributed by atoms with Gasteiger partial charge in [-0.15, -0.1) is 0 Å². The van der Waals surface area contributed by atoms with E-state index in [1.54, 1.807) is 0 Å². The number of amides is 3. The number of hydrogen-bond donors (Lipinski definition) is 2. The summed E-state index contributed by atoms with van der Waals surface area (Å²) in [6.07, 6.45) is 4.99. The Kier molecular flexibility index (Phi) is 6.26. The minimum absolute atomic E-state index is 0.0933. The third-order valence-corrected chi connectivity index (χ3v) is 5.28. The molecular weight excluding hydrogens is 330 g/mol. The van der Waals surface area contributed by atoms with Crippen molar-refractivity contribution in [1.82, 2.24) is 15.5 Å². The van der Waals surface area contributed by atoms with Crippen LogP contribution in [-0.4, -0.2) is 41.8 Å². The lowest BCUT2D eigenvalue weighted by atomic mass is 10.1. The van der Waals surface area contributed by atoms with Gasteiger partial charge in [0.15, 0.2) is 0 Å². The molecule has 2 N–H and O–H groups in total. The maximum absolute atomic E-state index is 12.3. The molecule has 26 heavy (non-hydrogen) atoms. The molecule has 1 atom stereocenters. The maximum atomic E-state index is 12.3. The van der Waals surface area contributed by atoms with Crippen LogP contribution in [0, 0.1) is 5.92 Å². The Morgan fingerprint density at radius 1 is 1.08 bits per heavy atom. The Bertz CT molecular complexity index is 641. The largest absolute Gasteiger partial charge is 0.355 e. The van der Waals surface area contributed by atoms with Crippen molar-refractivity contribution in [3.63, 3.8) is 0 Å². The number of nitrogens with one attached hydrogen (secondary N) is 2. The highest BCUT2D eigenvalue weighted by Crippen LogP contribution is 2.29. The van der Waals surface area contributed by atoms with E-state index in [9.17, 15) is 14.4 Å². The van der Waals surface area contributed by atoms with Crippen molar-refractivity contribution in [1.29, 1.82) is 0 Å². The SMILES string of the molecule is O=C(CCNC(=O)C1CC(=O)N(C2CCCC2)C1)NCc1ccccc1. The lowest BCUT2D eigenvalue weighted by Gasteiger charge is -2.23. The zero-order valence-electron chi connectivity index (χ0n) is 15.1. The highest BCUT2D eigenvalue weighted by Gasteiger charge is 2.38. The second kappa shape index (κ2) is 8.83. The first-order valence-corrected chi connectivity index (χ1v) is 9.51. The molecule has 0 radical (unpaired) electrons. The molecule has 0 aromatic heterocycles. The van der Waals surface area contributed by atoms with E-state index >= 15 is 0 Å².